The number of piperazine rings is 1. The van der Waals surface area contributed by atoms with Gasteiger partial charge in [0.2, 0.25) is 0 Å². The Bertz CT molecular complexity index is 1050. The van der Waals surface area contributed by atoms with Crippen molar-refractivity contribution in [2.45, 2.75) is 13.3 Å². The Labute approximate surface area is 172 Å². The van der Waals surface area contributed by atoms with Crippen molar-refractivity contribution in [1.82, 2.24) is 15.1 Å². The van der Waals surface area contributed by atoms with Crippen molar-refractivity contribution < 1.29 is 17.6 Å². The lowest BCUT2D eigenvalue weighted by Crippen LogP contribution is -2.44. The summed E-state index contributed by atoms with van der Waals surface area (Å²) in [5, 5.41) is 10.7. The molecule has 30 heavy (non-hydrogen) atoms. The highest BCUT2D eigenvalue weighted by Crippen LogP contribution is 2.35. The Balaban J connectivity index is 1.67. The smallest absolute Gasteiger partial charge is 0.318 e. The van der Waals surface area contributed by atoms with E-state index in [-0.39, 0.29) is 22.8 Å². The third-order valence-electron chi connectivity index (χ3n) is 5.21. The van der Waals surface area contributed by atoms with Gasteiger partial charge in [-0.2, -0.15) is 0 Å². The van der Waals surface area contributed by atoms with E-state index in [1.54, 1.807) is 6.07 Å². The van der Waals surface area contributed by atoms with Gasteiger partial charge in [0.1, 0.15) is 5.82 Å². The van der Waals surface area contributed by atoms with E-state index in [1.807, 2.05) is 18.9 Å². The third-order valence-corrected chi connectivity index (χ3v) is 5.21. The Morgan fingerprint density at radius 1 is 1.00 bits per heavy atom. The first-order valence-electron chi connectivity index (χ1n) is 9.77. The van der Waals surface area contributed by atoms with Gasteiger partial charge in [-0.15, -0.1) is 5.10 Å². The van der Waals surface area contributed by atoms with Crippen LogP contribution in [0.1, 0.15) is 12.5 Å². The summed E-state index contributed by atoms with van der Waals surface area (Å²) in [5.74, 6) is -2.75. The van der Waals surface area contributed by atoms with E-state index in [9.17, 15) is 13.2 Å². The maximum absolute atomic E-state index is 14.6. The van der Waals surface area contributed by atoms with Crippen molar-refractivity contribution >= 4 is 17.4 Å². The molecule has 0 saturated carbocycles. The quantitative estimate of drug-likeness (QED) is 0.671. The molecule has 0 spiro atoms. The summed E-state index contributed by atoms with van der Waals surface area (Å²) in [6.07, 6.45) is 0.661. The largest absolute Gasteiger partial charge is 0.403 e. The fourth-order valence-corrected chi connectivity index (χ4v) is 3.32. The van der Waals surface area contributed by atoms with Gasteiger partial charge in [0.25, 0.3) is 5.89 Å². The van der Waals surface area contributed by atoms with Crippen molar-refractivity contribution in [3.63, 3.8) is 0 Å². The maximum atomic E-state index is 14.6. The zero-order chi connectivity index (χ0) is 21.3. The molecule has 0 bridgehead atoms. The van der Waals surface area contributed by atoms with Crippen molar-refractivity contribution in [1.29, 1.82) is 0 Å². The molecule has 0 radical (unpaired) electrons. The number of hydrogen-bond acceptors (Lipinski definition) is 6. The molecular weight excluding hydrogens is 395 g/mol. The molecule has 4 rings (SSSR count). The highest BCUT2D eigenvalue weighted by Gasteiger charge is 2.23. The SMILES string of the molecule is CCc1ccc(Nc2c(-c3nnc(N4CCN(C)CC4)o3)ccc(F)c2F)c(F)c1. The Morgan fingerprint density at radius 3 is 2.47 bits per heavy atom. The number of nitrogens with one attached hydrogen (secondary N) is 1. The van der Waals surface area contributed by atoms with Crippen LogP contribution in [0, 0.1) is 17.5 Å². The van der Waals surface area contributed by atoms with Gasteiger partial charge in [0.15, 0.2) is 11.6 Å². The molecule has 1 aromatic heterocycles. The van der Waals surface area contributed by atoms with Gasteiger partial charge in [-0.1, -0.05) is 18.1 Å². The molecule has 0 atom stereocenters. The van der Waals surface area contributed by atoms with Crippen LogP contribution < -0.4 is 10.2 Å². The maximum Gasteiger partial charge on any atom is 0.318 e. The highest BCUT2D eigenvalue weighted by atomic mass is 19.2. The second kappa shape index (κ2) is 8.35. The van der Waals surface area contributed by atoms with E-state index >= 15 is 0 Å². The van der Waals surface area contributed by atoms with E-state index < -0.39 is 17.5 Å². The first-order valence-corrected chi connectivity index (χ1v) is 9.77. The van der Waals surface area contributed by atoms with Crippen molar-refractivity contribution in [3.05, 3.63) is 53.3 Å². The summed E-state index contributed by atoms with van der Waals surface area (Å²) < 4.78 is 48.8. The van der Waals surface area contributed by atoms with Crippen LogP contribution in [0.4, 0.5) is 30.6 Å². The van der Waals surface area contributed by atoms with Crippen LogP contribution in [0.3, 0.4) is 0 Å². The summed E-state index contributed by atoms with van der Waals surface area (Å²) in [5.41, 5.74) is 0.718. The van der Waals surface area contributed by atoms with E-state index in [1.165, 1.54) is 18.2 Å². The molecular formula is C21H22F3N5O. The van der Waals surface area contributed by atoms with Crippen molar-refractivity contribution in [2.75, 3.05) is 43.4 Å². The minimum atomic E-state index is -1.15. The van der Waals surface area contributed by atoms with Crippen molar-refractivity contribution in [3.8, 4) is 11.5 Å². The van der Waals surface area contributed by atoms with Crippen LogP contribution in [0.25, 0.3) is 11.5 Å². The van der Waals surface area contributed by atoms with Crippen LogP contribution in [0.5, 0.6) is 0 Å². The van der Waals surface area contributed by atoms with Crippen LogP contribution in [-0.4, -0.2) is 48.3 Å². The first-order chi connectivity index (χ1) is 14.5. The van der Waals surface area contributed by atoms with Gasteiger partial charge in [-0.25, -0.2) is 13.2 Å². The predicted molar refractivity (Wildman–Crippen MR) is 108 cm³/mol. The summed E-state index contributed by atoms with van der Waals surface area (Å²) in [6.45, 7) is 5.04. The number of aryl methyl sites for hydroxylation is 1. The summed E-state index contributed by atoms with van der Waals surface area (Å²) >= 11 is 0. The van der Waals surface area contributed by atoms with Gasteiger partial charge >= 0.3 is 6.01 Å². The zero-order valence-corrected chi connectivity index (χ0v) is 16.8. The van der Waals surface area contributed by atoms with Crippen LogP contribution >= 0.6 is 0 Å². The standard InChI is InChI=1S/C21H22F3N5O/c1-3-13-4-7-17(16(23)12-13)25-19-14(5-6-15(22)18(19)24)20-26-27-21(30-20)29-10-8-28(2)9-11-29/h4-7,12,25H,3,8-11H2,1-2H3. The number of benzene rings is 2. The number of hydrogen-bond donors (Lipinski definition) is 1. The first kappa shape index (κ1) is 20.2. The molecule has 6 nitrogen and oxygen atoms in total. The molecule has 1 saturated heterocycles. The molecule has 1 N–H and O–H groups in total. The predicted octanol–water partition coefficient (Wildman–Crippen LogP) is 4.21. The molecule has 9 heteroatoms. The van der Waals surface area contributed by atoms with E-state index in [0.717, 1.165) is 37.8 Å². The molecule has 1 aliphatic heterocycles. The molecule has 2 heterocycles. The number of anilines is 3. The minimum Gasteiger partial charge on any atom is -0.403 e. The number of rotatable bonds is 5. The van der Waals surface area contributed by atoms with Gasteiger partial charge in [0.05, 0.1) is 16.9 Å². The molecule has 0 aliphatic carbocycles. The average molecular weight is 417 g/mol. The monoisotopic (exact) mass is 417 g/mol. The highest BCUT2D eigenvalue weighted by molar-refractivity contribution is 5.78. The average Bonchev–Trinajstić information content (AvgIpc) is 3.23. The second-order valence-electron chi connectivity index (χ2n) is 7.26. The number of nitrogens with zero attached hydrogens (tertiary/aromatic N) is 4. The molecule has 0 amide bonds. The molecule has 2 aromatic carbocycles. The van der Waals surface area contributed by atoms with Crippen LogP contribution in [-0.2, 0) is 6.42 Å². The van der Waals surface area contributed by atoms with E-state index in [0.29, 0.717) is 12.4 Å². The fourth-order valence-electron chi connectivity index (χ4n) is 3.32. The fraction of sp³-hybridized carbons (Fsp3) is 0.333. The second-order valence-corrected chi connectivity index (χ2v) is 7.26. The Hall–Kier alpha value is -3.07. The lowest BCUT2D eigenvalue weighted by atomic mass is 10.1. The van der Waals surface area contributed by atoms with Gasteiger partial charge in [-0.05, 0) is 43.3 Å². The molecule has 0 unspecified atom stereocenters. The number of likely N-dealkylation sites (N-methyl/N-ethyl adjacent to an activating group) is 1. The van der Waals surface area contributed by atoms with E-state index in [4.69, 9.17) is 4.42 Å². The molecule has 3 aromatic rings. The number of aromatic nitrogens is 2. The normalized spacial score (nSPS) is 14.9. The molecule has 158 valence electrons. The third kappa shape index (κ3) is 3.97. The summed E-state index contributed by atoms with van der Waals surface area (Å²) in [7, 11) is 2.03. The lowest BCUT2D eigenvalue weighted by molar-refractivity contribution is 0.305. The lowest BCUT2D eigenvalue weighted by Gasteiger charge is -2.30. The van der Waals surface area contributed by atoms with E-state index in [2.05, 4.69) is 20.4 Å². The van der Waals surface area contributed by atoms with Gasteiger partial charge in [0, 0.05) is 26.2 Å². The molecule has 1 fully saturated rings. The van der Waals surface area contributed by atoms with Crippen LogP contribution in [0.15, 0.2) is 34.7 Å². The topological polar surface area (TPSA) is 57.4 Å². The van der Waals surface area contributed by atoms with Crippen molar-refractivity contribution in [2.24, 2.45) is 0 Å². The molecule has 1 aliphatic rings. The van der Waals surface area contributed by atoms with Gasteiger partial charge in [-0.3, -0.25) is 0 Å². The number of halogens is 3. The Morgan fingerprint density at radius 2 is 1.77 bits per heavy atom. The van der Waals surface area contributed by atoms with Gasteiger partial charge < -0.3 is 19.5 Å². The minimum absolute atomic E-state index is 0.0240. The Kier molecular flexibility index (Phi) is 5.63. The summed E-state index contributed by atoms with van der Waals surface area (Å²) in [6, 6.07) is 7.20. The zero-order valence-electron chi connectivity index (χ0n) is 16.8. The van der Waals surface area contributed by atoms with Crippen LogP contribution in [0.2, 0.25) is 0 Å². The summed E-state index contributed by atoms with van der Waals surface area (Å²) in [4.78, 5) is 4.12.